The summed E-state index contributed by atoms with van der Waals surface area (Å²) < 4.78 is 23.3. The van der Waals surface area contributed by atoms with Crippen molar-refractivity contribution in [2.24, 2.45) is 5.10 Å². The van der Waals surface area contributed by atoms with Gasteiger partial charge in [0.05, 0.1) is 44.2 Å². The van der Waals surface area contributed by atoms with Crippen LogP contribution in [-0.4, -0.2) is 67.5 Å². The number of ether oxygens (including phenoxy) is 4. The van der Waals surface area contributed by atoms with Gasteiger partial charge in [-0.25, -0.2) is 14.4 Å². The molecule has 3 aromatic rings. The van der Waals surface area contributed by atoms with E-state index in [1.54, 1.807) is 49.5 Å². The molecule has 1 aliphatic heterocycles. The second-order valence-electron chi connectivity index (χ2n) is 10.1. The molecule has 2 heterocycles. The minimum atomic E-state index is -1.16. The topological polar surface area (TPSA) is 162 Å². The van der Waals surface area contributed by atoms with Gasteiger partial charge in [0.2, 0.25) is 0 Å². The molecule has 0 saturated carbocycles. The summed E-state index contributed by atoms with van der Waals surface area (Å²) in [5.74, 6) is -0.276. The second kappa shape index (κ2) is 14.4. The Labute approximate surface area is 260 Å². The SMILES string of the molecule is CCOc1cc([C@@H]2NC(=O)NC(C)=C2C(=O)OC)ccc1OC[C@H](O)N/N=C\c1cc(C)n(-c2cccc(C(=O)OC)c2)c1C. The zero-order valence-corrected chi connectivity index (χ0v) is 26.0. The molecule has 45 heavy (non-hydrogen) atoms. The maximum Gasteiger partial charge on any atom is 0.337 e. The van der Waals surface area contributed by atoms with E-state index < -0.39 is 30.2 Å². The molecule has 4 rings (SSSR count). The van der Waals surface area contributed by atoms with Crippen molar-refractivity contribution in [3.05, 3.63) is 87.9 Å². The molecule has 1 aromatic heterocycles. The van der Waals surface area contributed by atoms with Crippen LogP contribution in [0.25, 0.3) is 5.69 Å². The highest BCUT2D eigenvalue weighted by Crippen LogP contribution is 2.35. The van der Waals surface area contributed by atoms with Crippen molar-refractivity contribution in [1.82, 2.24) is 20.6 Å². The van der Waals surface area contributed by atoms with Crippen LogP contribution >= 0.6 is 0 Å². The number of amides is 2. The second-order valence-corrected chi connectivity index (χ2v) is 10.1. The number of rotatable bonds is 12. The highest BCUT2D eigenvalue weighted by molar-refractivity contribution is 5.95. The average molecular weight is 620 g/mol. The number of benzene rings is 2. The Bertz CT molecular complexity index is 1640. The lowest BCUT2D eigenvalue weighted by Gasteiger charge is -2.28. The first-order valence-electron chi connectivity index (χ1n) is 14.2. The predicted molar refractivity (Wildman–Crippen MR) is 166 cm³/mol. The smallest absolute Gasteiger partial charge is 0.337 e. The number of esters is 2. The molecule has 0 aliphatic carbocycles. The summed E-state index contributed by atoms with van der Waals surface area (Å²) in [5.41, 5.74) is 7.77. The largest absolute Gasteiger partial charge is 0.490 e. The minimum absolute atomic E-state index is 0.160. The number of nitrogens with zero attached hydrogens (tertiary/aromatic N) is 2. The lowest BCUT2D eigenvalue weighted by atomic mass is 9.95. The van der Waals surface area contributed by atoms with Gasteiger partial charge in [0.25, 0.3) is 0 Å². The summed E-state index contributed by atoms with van der Waals surface area (Å²) in [6.45, 7) is 7.47. The van der Waals surface area contributed by atoms with Crippen LogP contribution in [0.1, 0.15) is 52.8 Å². The van der Waals surface area contributed by atoms with Crippen molar-refractivity contribution >= 4 is 24.2 Å². The van der Waals surface area contributed by atoms with Gasteiger partial charge in [-0.05, 0) is 69.7 Å². The molecule has 238 valence electrons. The average Bonchev–Trinajstić information content (AvgIpc) is 3.31. The molecule has 0 bridgehead atoms. The maximum atomic E-state index is 12.5. The molecule has 13 heteroatoms. The van der Waals surface area contributed by atoms with Gasteiger partial charge in [0, 0.05) is 28.3 Å². The third-order valence-electron chi connectivity index (χ3n) is 7.10. The van der Waals surface area contributed by atoms with E-state index in [1.165, 1.54) is 14.2 Å². The van der Waals surface area contributed by atoms with E-state index in [0.717, 1.165) is 22.6 Å². The van der Waals surface area contributed by atoms with Gasteiger partial charge in [0.1, 0.15) is 6.61 Å². The molecule has 0 spiro atoms. The number of hydrogen-bond acceptors (Lipinski definition) is 10. The molecule has 13 nitrogen and oxygen atoms in total. The van der Waals surface area contributed by atoms with Gasteiger partial charge in [0.15, 0.2) is 17.7 Å². The Morgan fingerprint density at radius 3 is 2.51 bits per heavy atom. The maximum absolute atomic E-state index is 12.5. The summed E-state index contributed by atoms with van der Waals surface area (Å²) in [5, 5.41) is 20.0. The highest BCUT2D eigenvalue weighted by atomic mass is 16.5. The number of methoxy groups -OCH3 is 2. The number of aromatic nitrogens is 1. The monoisotopic (exact) mass is 619 g/mol. The van der Waals surface area contributed by atoms with Gasteiger partial charge in [-0.3, -0.25) is 5.43 Å². The molecule has 1 aliphatic rings. The lowest BCUT2D eigenvalue weighted by Crippen LogP contribution is -2.45. The molecular formula is C32H37N5O8. The van der Waals surface area contributed by atoms with Gasteiger partial charge >= 0.3 is 18.0 Å². The Hall–Kier alpha value is -5.30. The lowest BCUT2D eigenvalue weighted by molar-refractivity contribution is -0.136. The molecule has 0 saturated heterocycles. The van der Waals surface area contributed by atoms with Gasteiger partial charge in [-0.1, -0.05) is 12.1 Å². The summed E-state index contributed by atoms with van der Waals surface area (Å²) >= 11 is 0. The molecule has 2 atom stereocenters. The fraction of sp³-hybridized carbons (Fsp3) is 0.312. The molecule has 2 aromatic carbocycles. The van der Waals surface area contributed by atoms with Crippen molar-refractivity contribution in [3.63, 3.8) is 0 Å². The van der Waals surface area contributed by atoms with Crippen LogP contribution in [0.5, 0.6) is 11.5 Å². The van der Waals surface area contributed by atoms with E-state index in [4.69, 9.17) is 18.9 Å². The number of aliphatic hydroxyl groups is 1. The molecule has 0 unspecified atom stereocenters. The van der Waals surface area contributed by atoms with Crippen molar-refractivity contribution in [3.8, 4) is 17.2 Å². The van der Waals surface area contributed by atoms with E-state index in [9.17, 15) is 19.5 Å². The van der Waals surface area contributed by atoms with Crippen LogP contribution in [0.4, 0.5) is 4.79 Å². The zero-order valence-electron chi connectivity index (χ0n) is 26.0. The van der Waals surface area contributed by atoms with E-state index in [2.05, 4.69) is 21.2 Å². The number of aliphatic hydroxyl groups excluding tert-OH is 1. The Kier molecular flexibility index (Phi) is 10.5. The fourth-order valence-corrected chi connectivity index (χ4v) is 5.02. The zero-order chi connectivity index (χ0) is 32.7. The summed E-state index contributed by atoms with van der Waals surface area (Å²) in [6, 6.07) is 12.9. The number of hydrazone groups is 1. The van der Waals surface area contributed by atoms with Gasteiger partial charge in [-0.2, -0.15) is 5.10 Å². The fourth-order valence-electron chi connectivity index (χ4n) is 5.02. The molecule has 0 fully saturated rings. The van der Waals surface area contributed by atoms with Crippen LogP contribution in [0, 0.1) is 13.8 Å². The number of hydrogen-bond donors (Lipinski definition) is 4. The number of urea groups is 1. The molecule has 4 N–H and O–H groups in total. The summed E-state index contributed by atoms with van der Waals surface area (Å²) in [7, 11) is 2.61. The first-order chi connectivity index (χ1) is 21.6. The van der Waals surface area contributed by atoms with Crippen LogP contribution in [-0.2, 0) is 14.3 Å². The number of aryl methyl sites for hydroxylation is 1. The van der Waals surface area contributed by atoms with Crippen molar-refractivity contribution < 1.29 is 38.4 Å². The van der Waals surface area contributed by atoms with Gasteiger partial charge < -0.3 is 39.3 Å². The van der Waals surface area contributed by atoms with E-state index in [1.807, 2.05) is 37.5 Å². The standard InChI is InChI=1S/C32H37N5O8/c1-7-44-26-15-21(29-28(31(40)43-6)19(3)34-32(41)35-29)11-12-25(26)45-17-27(38)36-33-16-23-13-18(2)37(20(23)4)24-10-8-9-22(14-24)30(39)42-5/h8-16,27,29,36,38H,7,17H2,1-6H3,(H2,34,35,41)/b33-16-/t27-,29-/m0/s1. The van der Waals surface area contributed by atoms with Crippen LogP contribution in [0.2, 0.25) is 0 Å². The van der Waals surface area contributed by atoms with E-state index in [0.29, 0.717) is 34.9 Å². The van der Waals surface area contributed by atoms with Crippen molar-refractivity contribution in [2.75, 3.05) is 27.4 Å². The first kappa shape index (κ1) is 32.6. The number of nitrogens with one attached hydrogen (secondary N) is 3. The van der Waals surface area contributed by atoms with Crippen molar-refractivity contribution in [1.29, 1.82) is 0 Å². The Balaban J connectivity index is 1.43. The summed E-state index contributed by atoms with van der Waals surface area (Å²) in [6.07, 6.45) is 0.435. The minimum Gasteiger partial charge on any atom is -0.490 e. The van der Waals surface area contributed by atoms with Crippen LogP contribution in [0.3, 0.4) is 0 Å². The van der Waals surface area contributed by atoms with E-state index in [-0.39, 0.29) is 12.2 Å². The highest BCUT2D eigenvalue weighted by Gasteiger charge is 2.32. The Morgan fingerprint density at radius 1 is 1.04 bits per heavy atom. The number of carbonyl (C=O) groups excluding carboxylic acids is 3. The predicted octanol–water partition coefficient (Wildman–Crippen LogP) is 3.40. The van der Waals surface area contributed by atoms with Crippen LogP contribution in [0.15, 0.2) is 64.9 Å². The third-order valence-corrected chi connectivity index (χ3v) is 7.10. The quantitative estimate of drug-likeness (QED) is 0.103. The van der Waals surface area contributed by atoms with Gasteiger partial charge in [-0.15, -0.1) is 0 Å². The van der Waals surface area contributed by atoms with Crippen LogP contribution < -0.4 is 25.5 Å². The summed E-state index contributed by atoms with van der Waals surface area (Å²) in [4.78, 5) is 36.6. The molecule has 0 radical (unpaired) electrons. The Morgan fingerprint density at radius 2 is 1.80 bits per heavy atom. The first-order valence-corrected chi connectivity index (χ1v) is 14.2. The third kappa shape index (κ3) is 7.44. The molecule has 2 amide bonds. The normalized spacial score (nSPS) is 15.3. The number of carbonyl (C=O) groups is 3. The molecular weight excluding hydrogens is 582 g/mol. The van der Waals surface area contributed by atoms with Crippen molar-refractivity contribution in [2.45, 2.75) is 40.0 Å². The number of allylic oxidation sites excluding steroid dienone is 1. The van der Waals surface area contributed by atoms with E-state index >= 15 is 0 Å².